The highest BCUT2D eigenvalue weighted by atomic mass is 31.2. The van der Waals surface area contributed by atoms with Crippen molar-refractivity contribution in [2.45, 2.75) is 5.78 Å². The molecule has 1 aromatic carbocycles. The van der Waals surface area contributed by atoms with E-state index < -0.39 is 7.14 Å². The molecule has 0 heterocycles. The monoisotopic (exact) mass is 183 g/mol. The first-order valence-electron chi connectivity index (χ1n) is 3.87. The molecule has 1 unspecified atom stereocenters. The van der Waals surface area contributed by atoms with E-state index in [-0.39, 0.29) is 5.78 Å². The van der Waals surface area contributed by atoms with Crippen molar-refractivity contribution in [3.05, 3.63) is 35.9 Å². The summed E-state index contributed by atoms with van der Waals surface area (Å²) in [6.07, 6.45) is 0. The zero-order valence-corrected chi connectivity index (χ0v) is 8.29. The van der Waals surface area contributed by atoms with E-state index in [0.29, 0.717) is 0 Å². The Hall–Kier alpha value is -0.590. The molecule has 0 fully saturated rings. The average Bonchev–Trinajstić information content (AvgIpc) is 2.03. The number of hydrogen-bond acceptors (Lipinski definition) is 2. The second-order valence-electron chi connectivity index (χ2n) is 3.29. The molecule has 0 bridgehead atoms. The smallest absolute Gasteiger partial charge is 0.102 e. The van der Waals surface area contributed by atoms with Crippen LogP contribution < -0.4 is 5.73 Å². The van der Waals surface area contributed by atoms with Crippen LogP contribution >= 0.6 is 7.14 Å². The SMILES string of the molecule is CP(C)(=O)C(N)c1ccccc1. The van der Waals surface area contributed by atoms with Crippen molar-refractivity contribution in [1.82, 2.24) is 0 Å². The van der Waals surface area contributed by atoms with Gasteiger partial charge in [-0.3, -0.25) is 0 Å². The van der Waals surface area contributed by atoms with Crippen LogP contribution in [-0.2, 0) is 4.57 Å². The van der Waals surface area contributed by atoms with Gasteiger partial charge in [0.25, 0.3) is 0 Å². The Kier molecular flexibility index (Phi) is 2.71. The minimum Gasteiger partial charge on any atom is -0.322 e. The van der Waals surface area contributed by atoms with Crippen molar-refractivity contribution in [3.8, 4) is 0 Å². The minimum absolute atomic E-state index is 0.321. The predicted octanol–water partition coefficient (Wildman–Crippen LogP) is 2.27. The lowest BCUT2D eigenvalue weighted by molar-refractivity contribution is 0.574. The first kappa shape index (κ1) is 9.50. The Morgan fingerprint density at radius 2 is 1.75 bits per heavy atom. The summed E-state index contributed by atoms with van der Waals surface area (Å²) in [4.78, 5) is 0. The Bertz CT molecular complexity index is 291. The van der Waals surface area contributed by atoms with Gasteiger partial charge in [-0.2, -0.15) is 0 Å². The maximum absolute atomic E-state index is 11.6. The molecular weight excluding hydrogens is 169 g/mol. The van der Waals surface area contributed by atoms with Gasteiger partial charge in [0.1, 0.15) is 7.14 Å². The number of benzene rings is 1. The predicted molar refractivity (Wildman–Crippen MR) is 52.8 cm³/mol. The maximum Gasteiger partial charge on any atom is 0.102 e. The van der Waals surface area contributed by atoms with E-state index in [1.807, 2.05) is 30.3 Å². The van der Waals surface area contributed by atoms with Crippen LogP contribution in [-0.4, -0.2) is 13.3 Å². The zero-order chi connectivity index (χ0) is 9.19. The lowest BCUT2D eigenvalue weighted by Gasteiger charge is -2.16. The molecule has 0 saturated heterocycles. The molecule has 12 heavy (non-hydrogen) atoms. The molecule has 0 radical (unpaired) electrons. The Morgan fingerprint density at radius 1 is 1.25 bits per heavy atom. The zero-order valence-electron chi connectivity index (χ0n) is 7.40. The largest absolute Gasteiger partial charge is 0.322 e. The van der Waals surface area contributed by atoms with Gasteiger partial charge in [0.15, 0.2) is 0 Å². The summed E-state index contributed by atoms with van der Waals surface area (Å²) >= 11 is 0. The van der Waals surface area contributed by atoms with Gasteiger partial charge in [0.2, 0.25) is 0 Å². The van der Waals surface area contributed by atoms with E-state index >= 15 is 0 Å². The van der Waals surface area contributed by atoms with Crippen LogP contribution in [0.4, 0.5) is 0 Å². The Morgan fingerprint density at radius 3 is 2.17 bits per heavy atom. The molecule has 0 aliphatic rings. The van der Waals surface area contributed by atoms with Crippen molar-refractivity contribution in [3.63, 3.8) is 0 Å². The highest BCUT2D eigenvalue weighted by Crippen LogP contribution is 2.48. The molecule has 0 spiro atoms. The lowest BCUT2D eigenvalue weighted by atomic mass is 10.2. The molecule has 1 atom stereocenters. The van der Waals surface area contributed by atoms with E-state index in [2.05, 4.69) is 0 Å². The van der Waals surface area contributed by atoms with Crippen LogP contribution in [0.2, 0.25) is 0 Å². The third kappa shape index (κ3) is 2.20. The van der Waals surface area contributed by atoms with E-state index in [4.69, 9.17) is 5.73 Å². The second kappa shape index (κ2) is 3.42. The minimum atomic E-state index is -2.20. The van der Waals surface area contributed by atoms with Gasteiger partial charge in [-0.1, -0.05) is 30.3 Å². The molecule has 1 aromatic rings. The van der Waals surface area contributed by atoms with Crippen molar-refractivity contribution in [1.29, 1.82) is 0 Å². The van der Waals surface area contributed by atoms with E-state index in [9.17, 15) is 4.57 Å². The topological polar surface area (TPSA) is 43.1 Å². The summed E-state index contributed by atoms with van der Waals surface area (Å²) in [5.41, 5.74) is 6.76. The fourth-order valence-corrected chi connectivity index (χ4v) is 1.90. The maximum atomic E-state index is 11.6. The van der Waals surface area contributed by atoms with Gasteiger partial charge < -0.3 is 10.3 Å². The summed E-state index contributed by atoms with van der Waals surface area (Å²) in [6, 6.07) is 9.55. The molecule has 0 aliphatic heterocycles. The first-order valence-corrected chi connectivity index (χ1v) is 6.54. The normalized spacial score (nSPS) is 14.2. The lowest BCUT2D eigenvalue weighted by Crippen LogP contribution is -2.09. The van der Waals surface area contributed by atoms with E-state index in [0.717, 1.165) is 5.56 Å². The van der Waals surface area contributed by atoms with Gasteiger partial charge in [-0.05, 0) is 18.9 Å². The van der Waals surface area contributed by atoms with Crippen LogP contribution in [0.3, 0.4) is 0 Å². The van der Waals surface area contributed by atoms with E-state index in [1.165, 1.54) is 0 Å². The number of nitrogens with two attached hydrogens (primary N) is 1. The molecule has 3 heteroatoms. The summed E-state index contributed by atoms with van der Waals surface area (Å²) in [6.45, 7) is 3.43. The molecule has 0 saturated carbocycles. The van der Waals surface area contributed by atoms with Crippen LogP contribution in [0.25, 0.3) is 0 Å². The highest BCUT2D eigenvalue weighted by Gasteiger charge is 2.19. The molecule has 0 aromatic heterocycles. The number of rotatable bonds is 2. The van der Waals surface area contributed by atoms with Gasteiger partial charge in [0.05, 0.1) is 5.78 Å². The first-order chi connectivity index (χ1) is 5.52. The fraction of sp³-hybridized carbons (Fsp3) is 0.333. The summed E-state index contributed by atoms with van der Waals surface area (Å²) in [5.74, 6) is -0.321. The summed E-state index contributed by atoms with van der Waals surface area (Å²) in [5, 5.41) is 0. The average molecular weight is 183 g/mol. The van der Waals surface area contributed by atoms with Crippen molar-refractivity contribution in [2.24, 2.45) is 5.73 Å². The molecule has 1 rings (SSSR count). The van der Waals surface area contributed by atoms with Crippen LogP contribution in [0.5, 0.6) is 0 Å². The molecule has 0 aliphatic carbocycles. The Labute approximate surface area is 73.2 Å². The molecule has 2 nitrogen and oxygen atoms in total. The molecular formula is C9H14NOP. The molecule has 0 amide bonds. The third-order valence-electron chi connectivity index (χ3n) is 1.81. The molecule has 2 N–H and O–H groups in total. The van der Waals surface area contributed by atoms with Crippen LogP contribution in [0.1, 0.15) is 11.3 Å². The van der Waals surface area contributed by atoms with Crippen molar-refractivity contribution >= 4 is 7.14 Å². The fourth-order valence-electron chi connectivity index (χ4n) is 1.01. The van der Waals surface area contributed by atoms with Gasteiger partial charge >= 0.3 is 0 Å². The third-order valence-corrected chi connectivity index (χ3v) is 3.45. The summed E-state index contributed by atoms with van der Waals surface area (Å²) < 4.78 is 11.6. The van der Waals surface area contributed by atoms with Gasteiger partial charge in [-0.15, -0.1) is 0 Å². The highest BCUT2D eigenvalue weighted by molar-refractivity contribution is 7.62. The second-order valence-corrected chi connectivity index (χ2v) is 6.71. The summed E-state index contributed by atoms with van der Waals surface area (Å²) in [7, 11) is -2.20. The van der Waals surface area contributed by atoms with Crippen molar-refractivity contribution in [2.75, 3.05) is 13.3 Å². The van der Waals surface area contributed by atoms with Crippen LogP contribution in [0, 0.1) is 0 Å². The van der Waals surface area contributed by atoms with Gasteiger partial charge in [-0.25, -0.2) is 0 Å². The van der Waals surface area contributed by atoms with E-state index in [1.54, 1.807) is 13.3 Å². The standard InChI is InChI=1S/C9H14NOP/c1-12(2,11)9(10)8-6-4-3-5-7-8/h3-7,9H,10H2,1-2H3. The quantitative estimate of drug-likeness (QED) is 0.714. The Balaban J connectivity index is 2.94. The molecule has 66 valence electrons. The van der Waals surface area contributed by atoms with Crippen molar-refractivity contribution < 1.29 is 4.57 Å². The number of hydrogen-bond donors (Lipinski definition) is 1. The van der Waals surface area contributed by atoms with Gasteiger partial charge in [0, 0.05) is 0 Å². The van der Waals surface area contributed by atoms with Crippen LogP contribution in [0.15, 0.2) is 30.3 Å².